The average molecular weight is 221 g/mol. The van der Waals surface area contributed by atoms with E-state index in [0.717, 1.165) is 37.9 Å². The monoisotopic (exact) mass is 221 g/mol. The molecule has 2 aliphatic rings. The van der Waals surface area contributed by atoms with E-state index in [4.69, 9.17) is 4.74 Å². The lowest BCUT2D eigenvalue weighted by Gasteiger charge is -2.29. The second-order valence-electron chi connectivity index (χ2n) is 4.85. The van der Waals surface area contributed by atoms with Gasteiger partial charge in [0.05, 0.1) is 13.2 Å². The highest BCUT2D eigenvalue weighted by atomic mass is 16.5. The van der Waals surface area contributed by atoms with Gasteiger partial charge < -0.3 is 9.64 Å². The minimum absolute atomic E-state index is 0.798. The fourth-order valence-corrected chi connectivity index (χ4v) is 2.53. The zero-order valence-electron chi connectivity index (χ0n) is 10.2. The molecule has 2 rings (SSSR count). The molecule has 0 aromatic heterocycles. The molecule has 0 atom stereocenters. The molecule has 16 heavy (non-hydrogen) atoms. The topological polar surface area (TPSA) is 12.5 Å². The van der Waals surface area contributed by atoms with Gasteiger partial charge in [0.2, 0.25) is 0 Å². The Balaban J connectivity index is 1.78. The van der Waals surface area contributed by atoms with E-state index in [0.29, 0.717) is 0 Å². The lowest BCUT2D eigenvalue weighted by molar-refractivity contribution is 0.0556. The van der Waals surface area contributed by atoms with Crippen LogP contribution in [0.3, 0.4) is 0 Å². The van der Waals surface area contributed by atoms with Gasteiger partial charge in [-0.3, -0.25) is 0 Å². The summed E-state index contributed by atoms with van der Waals surface area (Å²) in [5.74, 6) is 0.798. The van der Waals surface area contributed by atoms with Crippen LogP contribution in [0.4, 0.5) is 0 Å². The third-order valence-corrected chi connectivity index (χ3v) is 3.63. The standard InChI is InChI=1S/C14H23NO/c1-13(15-9-11-16-12-10-15)7-8-14-5-3-2-4-6-14/h7-8,14H,1-6,9-12H2/b8-7+. The van der Waals surface area contributed by atoms with Crippen LogP contribution in [0.5, 0.6) is 0 Å². The highest BCUT2D eigenvalue weighted by Gasteiger charge is 2.12. The number of hydrogen-bond donors (Lipinski definition) is 0. The molecule has 1 aliphatic carbocycles. The summed E-state index contributed by atoms with van der Waals surface area (Å²) in [4.78, 5) is 2.32. The smallest absolute Gasteiger partial charge is 0.0642 e. The minimum Gasteiger partial charge on any atom is -0.378 e. The first kappa shape index (κ1) is 11.7. The molecule has 1 saturated heterocycles. The van der Waals surface area contributed by atoms with Crippen LogP contribution in [-0.4, -0.2) is 31.2 Å². The van der Waals surface area contributed by atoms with E-state index in [1.54, 1.807) is 0 Å². The third-order valence-electron chi connectivity index (χ3n) is 3.63. The molecule has 0 aromatic rings. The Labute approximate surface area is 99.0 Å². The SMILES string of the molecule is C=C(/C=C/C1CCCCC1)N1CCOCC1. The first-order valence-corrected chi connectivity index (χ1v) is 6.56. The van der Waals surface area contributed by atoms with Crippen LogP contribution in [0, 0.1) is 5.92 Å². The minimum atomic E-state index is 0.798. The van der Waals surface area contributed by atoms with Crippen LogP contribution < -0.4 is 0 Å². The largest absolute Gasteiger partial charge is 0.378 e. The van der Waals surface area contributed by atoms with Gasteiger partial charge in [0.25, 0.3) is 0 Å². The molecule has 1 saturated carbocycles. The Morgan fingerprint density at radius 3 is 2.50 bits per heavy atom. The predicted molar refractivity (Wildman–Crippen MR) is 67.2 cm³/mol. The summed E-state index contributed by atoms with van der Waals surface area (Å²) < 4.78 is 5.34. The van der Waals surface area contributed by atoms with E-state index in [1.807, 2.05) is 0 Å². The van der Waals surface area contributed by atoms with Crippen molar-refractivity contribution in [3.05, 3.63) is 24.4 Å². The van der Waals surface area contributed by atoms with Crippen molar-refractivity contribution in [3.8, 4) is 0 Å². The molecular weight excluding hydrogens is 198 g/mol. The maximum Gasteiger partial charge on any atom is 0.0642 e. The molecule has 0 aromatic carbocycles. The van der Waals surface area contributed by atoms with Gasteiger partial charge in [-0.15, -0.1) is 0 Å². The van der Waals surface area contributed by atoms with Crippen LogP contribution in [0.1, 0.15) is 32.1 Å². The molecule has 0 amide bonds. The highest BCUT2D eigenvalue weighted by molar-refractivity contribution is 5.14. The number of allylic oxidation sites excluding steroid dienone is 2. The van der Waals surface area contributed by atoms with Crippen LogP contribution in [-0.2, 0) is 4.74 Å². The van der Waals surface area contributed by atoms with Gasteiger partial charge in [-0.2, -0.15) is 0 Å². The molecule has 2 heteroatoms. The van der Waals surface area contributed by atoms with Gasteiger partial charge in [0.1, 0.15) is 0 Å². The lowest BCUT2D eigenvalue weighted by Crippen LogP contribution is -2.34. The highest BCUT2D eigenvalue weighted by Crippen LogP contribution is 2.25. The summed E-state index contributed by atoms with van der Waals surface area (Å²) in [6.07, 6.45) is 11.6. The maximum absolute atomic E-state index is 5.34. The number of morpholine rings is 1. The van der Waals surface area contributed by atoms with Crippen molar-refractivity contribution in [1.82, 2.24) is 4.90 Å². The summed E-state index contributed by atoms with van der Waals surface area (Å²) in [7, 11) is 0. The van der Waals surface area contributed by atoms with Gasteiger partial charge in [-0.25, -0.2) is 0 Å². The first-order valence-electron chi connectivity index (χ1n) is 6.56. The van der Waals surface area contributed by atoms with Crippen LogP contribution in [0.25, 0.3) is 0 Å². The van der Waals surface area contributed by atoms with Gasteiger partial charge >= 0.3 is 0 Å². The fraction of sp³-hybridized carbons (Fsp3) is 0.714. The molecule has 0 bridgehead atoms. The summed E-state index contributed by atoms with van der Waals surface area (Å²) >= 11 is 0. The van der Waals surface area contributed by atoms with Crippen molar-refractivity contribution in [2.24, 2.45) is 5.92 Å². The van der Waals surface area contributed by atoms with Crippen molar-refractivity contribution in [2.75, 3.05) is 26.3 Å². The number of rotatable bonds is 3. The summed E-state index contributed by atoms with van der Waals surface area (Å²) in [6.45, 7) is 7.82. The van der Waals surface area contributed by atoms with Crippen LogP contribution in [0.2, 0.25) is 0 Å². The van der Waals surface area contributed by atoms with Gasteiger partial charge in [0, 0.05) is 18.8 Å². The maximum atomic E-state index is 5.34. The Morgan fingerprint density at radius 1 is 1.12 bits per heavy atom. The molecule has 2 nitrogen and oxygen atoms in total. The molecule has 1 heterocycles. The van der Waals surface area contributed by atoms with E-state index in [-0.39, 0.29) is 0 Å². The average Bonchev–Trinajstić information content (AvgIpc) is 2.38. The second-order valence-corrected chi connectivity index (χ2v) is 4.85. The van der Waals surface area contributed by atoms with Crippen molar-refractivity contribution in [2.45, 2.75) is 32.1 Å². The third kappa shape index (κ3) is 3.38. The molecule has 0 N–H and O–H groups in total. The summed E-state index contributed by atoms with van der Waals surface area (Å²) in [5.41, 5.74) is 1.16. The van der Waals surface area contributed by atoms with E-state index >= 15 is 0 Å². The number of nitrogens with zero attached hydrogens (tertiary/aromatic N) is 1. The molecule has 0 unspecified atom stereocenters. The Kier molecular flexibility index (Phi) is 4.46. The van der Waals surface area contributed by atoms with Crippen molar-refractivity contribution in [1.29, 1.82) is 0 Å². The Bertz CT molecular complexity index is 247. The van der Waals surface area contributed by atoms with E-state index in [1.165, 1.54) is 32.1 Å². The number of hydrogen-bond acceptors (Lipinski definition) is 2. The van der Waals surface area contributed by atoms with E-state index in [9.17, 15) is 0 Å². The van der Waals surface area contributed by atoms with Crippen molar-refractivity contribution >= 4 is 0 Å². The molecule has 0 radical (unpaired) electrons. The van der Waals surface area contributed by atoms with E-state index < -0.39 is 0 Å². The predicted octanol–water partition coefficient (Wildman–Crippen LogP) is 2.97. The normalized spacial score (nSPS) is 23.9. The van der Waals surface area contributed by atoms with Crippen molar-refractivity contribution < 1.29 is 4.74 Å². The summed E-state index contributed by atoms with van der Waals surface area (Å²) in [6, 6.07) is 0. The van der Waals surface area contributed by atoms with Gasteiger partial charge in [-0.1, -0.05) is 31.9 Å². The van der Waals surface area contributed by atoms with Gasteiger partial charge in [-0.05, 0) is 24.8 Å². The fourth-order valence-electron chi connectivity index (χ4n) is 2.53. The molecule has 2 fully saturated rings. The molecule has 90 valence electrons. The van der Waals surface area contributed by atoms with Gasteiger partial charge in [0.15, 0.2) is 0 Å². The second kappa shape index (κ2) is 6.09. The Hall–Kier alpha value is -0.760. The number of ether oxygens (including phenoxy) is 1. The molecule has 0 spiro atoms. The first-order chi connectivity index (χ1) is 7.86. The van der Waals surface area contributed by atoms with E-state index in [2.05, 4.69) is 23.6 Å². The zero-order chi connectivity index (χ0) is 11.2. The molecule has 1 aliphatic heterocycles. The summed E-state index contributed by atoms with van der Waals surface area (Å²) in [5, 5.41) is 0. The zero-order valence-corrected chi connectivity index (χ0v) is 10.2. The van der Waals surface area contributed by atoms with Crippen LogP contribution >= 0.6 is 0 Å². The lowest BCUT2D eigenvalue weighted by atomic mass is 9.89. The van der Waals surface area contributed by atoms with Crippen molar-refractivity contribution in [3.63, 3.8) is 0 Å². The molecular formula is C14H23NO. The Morgan fingerprint density at radius 2 is 1.81 bits per heavy atom. The van der Waals surface area contributed by atoms with Crippen LogP contribution in [0.15, 0.2) is 24.4 Å². The quantitative estimate of drug-likeness (QED) is 0.679.